The van der Waals surface area contributed by atoms with Crippen LogP contribution < -0.4 is 5.73 Å². The van der Waals surface area contributed by atoms with Crippen LogP contribution in [0.1, 0.15) is 11.1 Å². The van der Waals surface area contributed by atoms with Crippen LogP contribution in [0.2, 0.25) is 10.0 Å². The summed E-state index contributed by atoms with van der Waals surface area (Å²) >= 11 is 13.9. The minimum Gasteiger partial charge on any atom is -0.327 e. The quantitative estimate of drug-likeness (QED) is 0.786. The number of halogens is 2. The molecule has 0 aliphatic rings. The van der Waals surface area contributed by atoms with Crippen molar-refractivity contribution in [3.05, 3.63) is 63.6 Å². The van der Waals surface area contributed by atoms with Crippen molar-refractivity contribution in [3.63, 3.8) is 0 Å². The first-order valence-corrected chi connectivity index (χ1v) is 8.18. The molecule has 0 spiro atoms. The Morgan fingerprint density at radius 1 is 1.15 bits per heavy atom. The molecule has 0 aromatic heterocycles. The minimum atomic E-state index is 0.0523. The first kappa shape index (κ1) is 15.7. The molecular formula is C16H17Cl2NS. The van der Waals surface area contributed by atoms with Gasteiger partial charge < -0.3 is 5.73 Å². The van der Waals surface area contributed by atoms with Crippen LogP contribution in [0.5, 0.6) is 0 Å². The molecule has 2 aromatic carbocycles. The van der Waals surface area contributed by atoms with Gasteiger partial charge in [0.05, 0.1) is 0 Å². The largest absolute Gasteiger partial charge is 0.327 e. The zero-order valence-electron chi connectivity index (χ0n) is 11.3. The van der Waals surface area contributed by atoms with Gasteiger partial charge in [0.25, 0.3) is 0 Å². The van der Waals surface area contributed by atoms with Crippen molar-refractivity contribution in [2.75, 3.05) is 5.75 Å². The van der Waals surface area contributed by atoms with E-state index in [1.165, 1.54) is 10.5 Å². The summed E-state index contributed by atoms with van der Waals surface area (Å²) in [6.45, 7) is 2.09. The molecule has 0 aliphatic heterocycles. The van der Waals surface area contributed by atoms with Gasteiger partial charge in [0.2, 0.25) is 0 Å². The van der Waals surface area contributed by atoms with Gasteiger partial charge in [0.15, 0.2) is 0 Å². The van der Waals surface area contributed by atoms with Gasteiger partial charge in [-0.3, -0.25) is 0 Å². The highest BCUT2D eigenvalue weighted by Crippen LogP contribution is 2.24. The Morgan fingerprint density at radius 3 is 2.70 bits per heavy atom. The molecule has 2 N–H and O–H groups in total. The first-order chi connectivity index (χ1) is 9.54. The average Bonchev–Trinajstić information content (AvgIpc) is 2.41. The molecule has 0 saturated heterocycles. The van der Waals surface area contributed by atoms with Crippen molar-refractivity contribution in [1.29, 1.82) is 0 Å². The van der Waals surface area contributed by atoms with Gasteiger partial charge >= 0.3 is 0 Å². The molecule has 106 valence electrons. The van der Waals surface area contributed by atoms with E-state index in [2.05, 4.69) is 31.2 Å². The van der Waals surface area contributed by atoms with Crippen molar-refractivity contribution in [2.45, 2.75) is 24.3 Å². The summed E-state index contributed by atoms with van der Waals surface area (Å²) < 4.78 is 0. The molecule has 0 fully saturated rings. The van der Waals surface area contributed by atoms with E-state index < -0.39 is 0 Å². The molecule has 1 nitrogen and oxygen atoms in total. The van der Waals surface area contributed by atoms with E-state index in [1.54, 1.807) is 17.8 Å². The number of benzene rings is 2. The van der Waals surface area contributed by atoms with Gasteiger partial charge in [0.1, 0.15) is 0 Å². The molecule has 0 amide bonds. The van der Waals surface area contributed by atoms with Crippen molar-refractivity contribution >= 4 is 35.0 Å². The van der Waals surface area contributed by atoms with Crippen LogP contribution in [0.25, 0.3) is 0 Å². The maximum Gasteiger partial charge on any atom is 0.0439 e. The average molecular weight is 326 g/mol. The van der Waals surface area contributed by atoms with E-state index >= 15 is 0 Å². The fraction of sp³-hybridized carbons (Fsp3) is 0.250. The van der Waals surface area contributed by atoms with E-state index in [9.17, 15) is 0 Å². The van der Waals surface area contributed by atoms with Crippen LogP contribution in [0.4, 0.5) is 0 Å². The Labute approximate surface area is 134 Å². The third-order valence-corrected chi connectivity index (χ3v) is 4.73. The molecule has 0 aliphatic carbocycles. The Hall–Kier alpha value is -0.670. The lowest BCUT2D eigenvalue weighted by Gasteiger charge is -2.13. The standard InChI is InChI=1S/C16H17Cl2NS/c1-11-3-2-4-15(7-11)20-10-14(19)9-12-8-13(17)5-6-16(12)18/h2-8,14H,9-10,19H2,1H3. The smallest absolute Gasteiger partial charge is 0.0439 e. The lowest BCUT2D eigenvalue weighted by Crippen LogP contribution is -2.25. The summed E-state index contributed by atoms with van der Waals surface area (Å²) in [5, 5.41) is 1.42. The molecule has 20 heavy (non-hydrogen) atoms. The zero-order chi connectivity index (χ0) is 14.5. The van der Waals surface area contributed by atoms with E-state index in [0.717, 1.165) is 22.8 Å². The van der Waals surface area contributed by atoms with Crippen LogP contribution >= 0.6 is 35.0 Å². The Balaban J connectivity index is 1.92. The number of hydrogen-bond acceptors (Lipinski definition) is 2. The molecule has 0 saturated carbocycles. The Morgan fingerprint density at radius 2 is 1.95 bits per heavy atom. The molecule has 1 unspecified atom stereocenters. The fourth-order valence-corrected chi connectivity index (χ4v) is 3.31. The summed E-state index contributed by atoms with van der Waals surface area (Å²) in [5.74, 6) is 0.853. The summed E-state index contributed by atoms with van der Waals surface area (Å²) in [5.41, 5.74) is 8.46. The lowest BCUT2D eigenvalue weighted by atomic mass is 10.1. The van der Waals surface area contributed by atoms with Gasteiger partial charge in [-0.2, -0.15) is 0 Å². The first-order valence-electron chi connectivity index (χ1n) is 6.43. The molecule has 1 atom stereocenters. The summed E-state index contributed by atoms with van der Waals surface area (Å²) in [4.78, 5) is 1.25. The maximum absolute atomic E-state index is 6.19. The second-order valence-corrected chi connectivity index (χ2v) is 6.76. The fourth-order valence-electron chi connectivity index (χ4n) is 1.95. The van der Waals surface area contributed by atoms with Gasteiger partial charge in [-0.15, -0.1) is 11.8 Å². The van der Waals surface area contributed by atoms with E-state index in [0.29, 0.717) is 5.02 Å². The second-order valence-electron chi connectivity index (χ2n) is 4.83. The summed E-state index contributed by atoms with van der Waals surface area (Å²) in [7, 11) is 0. The summed E-state index contributed by atoms with van der Waals surface area (Å²) in [6.07, 6.45) is 0.734. The minimum absolute atomic E-state index is 0.0523. The number of thioether (sulfide) groups is 1. The predicted molar refractivity (Wildman–Crippen MR) is 90.0 cm³/mol. The van der Waals surface area contributed by atoms with Crippen molar-refractivity contribution < 1.29 is 0 Å². The molecule has 0 heterocycles. The Kier molecular flexibility index (Phi) is 5.79. The normalized spacial score (nSPS) is 12.4. The number of rotatable bonds is 5. The number of hydrogen-bond donors (Lipinski definition) is 1. The van der Waals surface area contributed by atoms with Crippen LogP contribution in [0, 0.1) is 6.92 Å². The predicted octanol–water partition coefficient (Wildman–Crippen LogP) is 4.96. The van der Waals surface area contributed by atoms with E-state index in [-0.39, 0.29) is 6.04 Å². The third-order valence-electron chi connectivity index (χ3n) is 2.94. The topological polar surface area (TPSA) is 26.0 Å². The van der Waals surface area contributed by atoms with Crippen LogP contribution in [0.15, 0.2) is 47.4 Å². The number of nitrogens with two attached hydrogens (primary N) is 1. The van der Waals surface area contributed by atoms with E-state index in [4.69, 9.17) is 28.9 Å². The van der Waals surface area contributed by atoms with Gasteiger partial charge in [-0.05, 0) is 49.2 Å². The SMILES string of the molecule is Cc1cccc(SCC(N)Cc2cc(Cl)ccc2Cl)c1. The van der Waals surface area contributed by atoms with Gasteiger partial charge in [0, 0.05) is 26.7 Å². The summed E-state index contributed by atoms with van der Waals surface area (Å²) in [6, 6.07) is 14.0. The maximum atomic E-state index is 6.19. The van der Waals surface area contributed by atoms with Gasteiger partial charge in [-0.1, -0.05) is 40.9 Å². The van der Waals surface area contributed by atoms with Crippen molar-refractivity contribution in [2.24, 2.45) is 5.73 Å². The number of aryl methyl sites for hydroxylation is 1. The molecule has 2 rings (SSSR count). The van der Waals surface area contributed by atoms with Crippen molar-refractivity contribution in [1.82, 2.24) is 0 Å². The highest BCUT2D eigenvalue weighted by Gasteiger charge is 2.09. The highest BCUT2D eigenvalue weighted by molar-refractivity contribution is 7.99. The van der Waals surface area contributed by atoms with E-state index in [1.807, 2.05) is 12.1 Å². The third kappa shape index (κ3) is 4.71. The lowest BCUT2D eigenvalue weighted by molar-refractivity contribution is 0.749. The van der Waals surface area contributed by atoms with Crippen LogP contribution in [-0.2, 0) is 6.42 Å². The monoisotopic (exact) mass is 325 g/mol. The van der Waals surface area contributed by atoms with Crippen LogP contribution in [0.3, 0.4) is 0 Å². The Bertz CT molecular complexity index is 586. The van der Waals surface area contributed by atoms with Crippen molar-refractivity contribution in [3.8, 4) is 0 Å². The molecule has 0 radical (unpaired) electrons. The molecular weight excluding hydrogens is 309 g/mol. The highest BCUT2D eigenvalue weighted by atomic mass is 35.5. The second kappa shape index (κ2) is 7.37. The molecule has 4 heteroatoms. The van der Waals surface area contributed by atoms with Gasteiger partial charge in [-0.25, -0.2) is 0 Å². The molecule has 0 bridgehead atoms. The molecule has 2 aromatic rings. The zero-order valence-corrected chi connectivity index (χ0v) is 13.6. The van der Waals surface area contributed by atoms with Crippen LogP contribution in [-0.4, -0.2) is 11.8 Å².